The van der Waals surface area contributed by atoms with Gasteiger partial charge in [0.2, 0.25) is 0 Å². The molecular weight excluding hydrogens is 201 g/mol. The first-order valence-electron chi connectivity index (χ1n) is 3.46. The molecule has 0 bridgehead atoms. The van der Waals surface area contributed by atoms with E-state index in [1.807, 2.05) is 0 Å². The molecule has 0 fully saturated rings. The van der Waals surface area contributed by atoms with Crippen molar-refractivity contribution in [3.8, 4) is 0 Å². The summed E-state index contributed by atoms with van der Waals surface area (Å²) in [4.78, 5) is 0.684. The van der Waals surface area contributed by atoms with Crippen LogP contribution >= 0.6 is 11.3 Å². The average molecular weight is 208 g/mol. The molecule has 5 heteroatoms. The van der Waals surface area contributed by atoms with Crippen molar-refractivity contribution in [1.29, 1.82) is 0 Å². The Morgan fingerprint density at radius 1 is 1.46 bits per heavy atom. The Hall–Kier alpha value is -0.810. The standard InChI is InChI=1S/C8H7F3OS/c9-8(10,11)7(12)4-3-6-2-1-5-13-6/h1-5,7,12H/b4-3+/t7-/m1/s1. The summed E-state index contributed by atoms with van der Waals surface area (Å²) in [5.41, 5.74) is 0. The lowest BCUT2D eigenvalue weighted by molar-refractivity contribution is -0.187. The molecule has 13 heavy (non-hydrogen) atoms. The maximum atomic E-state index is 11.8. The number of rotatable bonds is 2. The van der Waals surface area contributed by atoms with Gasteiger partial charge in [-0.25, -0.2) is 0 Å². The second-order valence-electron chi connectivity index (χ2n) is 2.36. The van der Waals surface area contributed by atoms with Gasteiger partial charge in [0.25, 0.3) is 0 Å². The normalized spacial score (nSPS) is 15.1. The summed E-state index contributed by atoms with van der Waals surface area (Å²) in [7, 11) is 0. The van der Waals surface area contributed by atoms with E-state index in [1.165, 1.54) is 17.4 Å². The molecule has 1 heterocycles. The molecule has 0 amide bonds. The van der Waals surface area contributed by atoms with Crippen LogP contribution in [0.1, 0.15) is 4.88 Å². The molecule has 0 radical (unpaired) electrons. The van der Waals surface area contributed by atoms with Crippen molar-refractivity contribution in [1.82, 2.24) is 0 Å². The van der Waals surface area contributed by atoms with Gasteiger partial charge in [-0.05, 0) is 23.6 Å². The van der Waals surface area contributed by atoms with Crippen molar-refractivity contribution >= 4 is 17.4 Å². The van der Waals surface area contributed by atoms with E-state index in [4.69, 9.17) is 5.11 Å². The minimum atomic E-state index is -4.58. The van der Waals surface area contributed by atoms with Crippen LogP contribution < -0.4 is 0 Å². The number of aliphatic hydroxyl groups excluding tert-OH is 1. The Kier molecular flexibility index (Phi) is 3.11. The van der Waals surface area contributed by atoms with E-state index >= 15 is 0 Å². The fourth-order valence-electron chi connectivity index (χ4n) is 0.681. The van der Waals surface area contributed by atoms with Gasteiger partial charge in [0.05, 0.1) is 0 Å². The highest BCUT2D eigenvalue weighted by Gasteiger charge is 2.36. The third kappa shape index (κ3) is 3.20. The van der Waals surface area contributed by atoms with Crippen LogP contribution in [-0.4, -0.2) is 17.4 Å². The molecule has 0 unspecified atom stereocenters. The summed E-state index contributed by atoms with van der Waals surface area (Å²) in [6.45, 7) is 0. The van der Waals surface area contributed by atoms with Crippen LogP contribution in [0.5, 0.6) is 0 Å². The maximum Gasteiger partial charge on any atom is 0.417 e. The van der Waals surface area contributed by atoms with Gasteiger partial charge in [-0.2, -0.15) is 13.2 Å². The van der Waals surface area contributed by atoms with E-state index in [0.29, 0.717) is 4.88 Å². The highest BCUT2D eigenvalue weighted by Crippen LogP contribution is 2.22. The number of halogens is 3. The summed E-state index contributed by atoms with van der Waals surface area (Å²) in [6, 6.07) is 3.40. The van der Waals surface area contributed by atoms with Crippen LogP contribution in [0.2, 0.25) is 0 Å². The molecular formula is C8H7F3OS. The minimum Gasteiger partial charge on any atom is -0.380 e. The van der Waals surface area contributed by atoms with Gasteiger partial charge in [0.15, 0.2) is 6.10 Å². The SMILES string of the molecule is O[C@H](/C=C/c1cccs1)C(F)(F)F. The number of aliphatic hydroxyl groups is 1. The fraction of sp³-hybridized carbons (Fsp3) is 0.250. The van der Waals surface area contributed by atoms with Crippen molar-refractivity contribution in [2.24, 2.45) is 0 Å². The monoisotopic (exact) mass is 208 g/mol. The molecule has 72 valence electrons. The Bertz CT molecular complexity index is 276. The van der Waals surface area contributed by atoms with Crippen molar-refractivity contribution in [3.05, 3.63) is 28.5 Å². The Morgan fingerprint density at radius 3 is 2.62 bits per heavy atom. The van der Waals surface area contributed by atoms with Crippen molar-refractivity contribution in [3.63, 3.8) is 0 Å². The lowest BCUT2D eigenvalue weighted by atomic mass is 10.3. The maximum absolute atomic E-state index is 11.8. The molecule has 0 saturated heterocycles. The molecule has 0 aliphatic heterocycles. The molecule has 0 aliphatic carbocycles. The zero-order valence-corrected chi connectivity index (χ0v) is 7.27. The highest BCUT2D eigenvalue weighted by atomic mass is 32.1. The van der Waals surface area contributed by atoms with Gasteiger partial charge in [-0.3, -0.25) is 0 Å². The topological polar surface area (TPSA) is 20.2 Å². The van der Waals surface area contributed by atoms with E-state index in [-0.39, 0.29) is 0 Å². The third-order valence-electron chi connectivity index (χ3n) is 1.32. The second kappa shape index (κ2) is 3.93. The summed E-state index contributed by atoms with van der Waals surface area (Å²) in [5, 5.41) is 10.3. The predicted octanol–water partition coefficient (Wildman–Crippen LogP) is 2.68. The number of hydrogen-bond donors (Lipinski definition) is 1. The van der Waals surface area contributed by atoms with Crippen LogP contribution in [-0.2, 0) is 0 Å². The van der Waals surface area contributed by atoms with Crippen LogP contribution in [0.4, 0.5) is 13.2 Å². The molecule has 1 atom stereocenters. The van der Waals surface area contributed by atoms with E-state index in [9.17, 15) is 13.2 Å². The van der Waals surface area contributed by atoms with Gasteiger partial charge < -0.3 is 5.11 Å². The first kappa shape index (κ1) is 10.3. The highest BCUT2D eigenvalue weighted by molar-refractivity contribution is 7.10. The molecule has 0 saturated carbocycles. The van der Waals surface area contributed by atoms with Gasteiger partial charge in [0, 0.05) is 4.88 Å². The molecule has 1 aromatic heterocycles. The Labute approximate surface area is 77.1 Å². The smallest absolute Gasteiger partial charge is 0.380 e. The molecule has 1 N–H and O–H groups in total. The number of alkyl halides is 3. The zero-order valence-electron chi connectivity index (χ0n) is 6.45. The van der Waals surface area contributed by atoms with Gasteiger partial charge in [-0.15, -0.1) is 11.3 Å². The largest absolute Gasteiger partial charge is 0.417 e. The fourth-order valence-corrected chi connectivity index (χ4v) is 1.31. The Balaban J connectivity index is 2.59. The van der Waals surface area contributed by atoms with Crippen LogP contribution in [0.25, 0.3) is 6.08 Å². The van der Waals surface area contributed by atoms with E-state index < -0.39 is 12.3 Å². The Morgan fingerprint density at radius 2 is 2.15 bits per heavy atom. The van der Waals surface area contributed by atoms with E-state index in [2.05, 4.69) is 0 Å². The molecule has 1 aromatic rings. The van der Waals surface area contributed by atoms with Crippen LogP contribution in [0, 0.1) is 0 Å². The molecule has 1 nitrogen and oxygen atoms in total. The molecule has 0 aromatic carbocycles. The average Bonchev–Trinajstić information content (AvgIpc) is 2.50. The lowest BCUT2D eigenvalue weighted by Gasteiger charge is -2.08. The van der Waals surface area contributed by atoms with Gasteiger partial charge in [-0.1, -0.05) is 6.07 Å². The van der Waals surface area contributed by atoms with Crippen LogP contribution in [0.15, 0.2) is 23.6 Å². The van der Waals surface area contributed by atoms with Crippen molar-refractivity contribution < 1.29 is 18.3 Å². The predicted molar refractivity (Wildman–Crippen MR) is 45.4 cm³/mol. The first-order chi connectivity index (χ1) is 6.00. The van der Waals surface area contributed by atoms with Crippen molar-refractivity contribution in [2.45, 2.75) is 12.3 Å². The zero-order chi connectivity index (χ0) is 9.90. The summed E-state index contributed by atoms with van der Waals surface area (Å²) >= 11 is 1.31. The van der Waals surface area contributed by atoms with Crippen molar-refractivity contribution in [2.75, 3.05) is 0 Å². The van der Waals surface area contributed by atoms with Gasteiger partial charge >= 0.3 is 6.18 Å². The second-order valence-corrected chi connectivity index (χ2v) is 3.34. The summed E-state index contributed by atoms with van der Waals surface area (Å²) in [5.74, 6) is 0. The summed E-state index contributed by atoms with van der Waals surface area (Å²) < 4.78 is 35.3. The summed E-state index contributed by atoms with van der Waals surface area (Å²) in [6.07, 6.45) is -4.97. The first-order valence-corrected chi connectivity index (χ1v) is 4.34. The van der Waals surface area contributed by atoms with Crippen LogP contribution in [0.3, 0.4) is 0 Å². The van der Waals surface area contributed by atoms with E-state index in [1.54, 1.807) is 17.5 Å². The molecule has 1 rings (SSSR count). The number of hydrogen-bond acceptors (Lipinski definition) is 2. The third-order valence-corrected chi connectivity index (χ3v) is 2.16. The quantitative estimate of drug-likeness (QED) is 0.792. The molecule has 0 aliphatic rings. The lowest BCUT2D eigenvalue weighted by Crippen LogP contribution is -2.25. The van der Waals surface area contributed by atoms with E-state index in [0.717, 1.165) is 6.08 Å². The molecule has 0 spiro atoms. The number of thiophene rings is 1. The van der Waals surface area contributed by atoms with Gasteiger partial charge in [0.1, 0.15) is 0 Å². The minimum absolute atomic E-state index is 0.684.